The smallest absolute Gasteiger partial charge is 0.211 e. The summed E-state index contributed by atoms with van der Waals surface area (Å²) in [7, 11) is -3.10. The van der Waals surface area contributed by atoms with Crippen molar-refractivity contribution in [1.82, 2.24) is 14.9 Å². The maximum absolute atomic E-state index is 12.1. The molecule has 0 amide bonds. The normalized spacial score (nSPS) is 24.9. The molecule has 1 aliphatic heterocycles. The van der Waals surface area contributed by atoms with Crippen LogP contribution in [-0.2, 0) is 10.0 Å². The number of likely N-dealkylation sites (tertiary alicyclic amines) is 1. The van der Waals surface area contributed by atoms with E-state index in [1.165, 1.54) is 12.8 Å². The van der Waals surface area contributed by atoms with E-state index in [2.05, 4.69) is 21.9 Å². The van der Waals surface area contributed by atoms with Gasteiger partial charge in [0.05, 0.1) is 5.75 Å². The van der Waals surface area contributed by atoms with Crippen molar-refractivity contribution in [3.8, 4) is 0 Å². The Morgan fingerprint density at radius 1 is 1.15 bits per heavy atom. The van der Waals surface area contributed by atoms with E-state index < -0.39 is 10.0 Å². The summed E-state index contributed by atoms with van der Waals surface area (Å²) in [5.74, 6) is 0.266. The Hall–Kier alpha value is -0.170. The van der Waals surface area contributed by atoms with Gasteiger partial charge in [-0.1, -0.05) is 6.92 Å². The van der Waals surface area contributed by atoms with Crippen molar-refractivity contribution in [2.24, 2.45) is 0 Å². The van der Waals surface area contributed by atoms with Gasteiger partial charge in [-0.2, -0.15) is 0 Å². The number of unbranched alkanes of at least 4 members (excludes halogenated alkanes) is 1. The van der Waals surface area contributed by atoms with Crippen molar-refractivity contribution in [2.75, 3.05) is 31.9 Å². The summed E-state index contributed by atoms with van der Waals surface area (Å²) in [5, 5.41) is 3.42. The van der Waals surface area contributed by atoms with Crippen LogP contribution in [-0.4, -0.2) is 57.3 Å². The molecule has 6 heteroatoms. The molecule has 1 unspecified atom stereocenters. The van der Waals surface area contributed by atoms with Crippen molar-refractivity contribution < 1.29 is 8.42 Å². The average Bonchev–Trinajstić information content (AvgIpc) is 3.22. The Morgan fingerprint density at radius 3 is 2.65 bits per heavy atom. The summed E-state index contributed by atoms with van der Waals surface area (Å²) >= 11 is 0. The molecule has 2 aliphatic rings. The lowest BCUT2D eigenvalue weighted by Gasteiger charge is -2.32. The van der Waals surface area contributed by atoms with Gasteiger partial charge in [-0.3, -0.25) is 0 Å². The molecule has 5 nitrogen and oxygen atoms in total. The lowest BCUT2D eigenvalue weighted by molar-refractivity contribution is 0.211. The molecule has 20 heavy (non-hydrogen) atoms. The van der Waals surface area contributed by atoms with Gasteiger partial charge in [-0.05, 0) is 58.2 Å². The van der Waals surface area contributed by atoms with E-state index >= 15 is 0 Å². The van der Waals surface area contributed by atoms with Crippen molar-refractivity contribution in [1.29, 1.82) is 0 Å². The van der Waals surface area contributed by atoms with E-state index in [-0.39, 0.29) is 11.8 Å². The fourth-order valence-electron chi connectivity index (χ4n) is 2.76. The molecule has 0 radical (unpaired) electrons. The molecule has 1 atom stereocenters. The van der Waals surface area contributed by atoms with Gasteiger partial charge in [0.1, 0.15) is 0 Å². The van der Waals surface area contributed by atoms with Gasteiger partial charge in [0, 0.05) is 18.6 Å². The monoisotopic (exact) mass is 303 g/mol. The minimum atomic E-state index is -3.10. The minimum absolute atomic E-state index is 0.110. The zero-order valence-electron chi connectivity index (χ0n) is 12.6. The summed E-state index contributed by atoms with van der Waals surface area (Å²) in [6.45, 7) is 6.04. The molecule has 118 valence electrons. The molecular weight excluding hydrogens is 274 g/mol. The number of sulfonamides is 1. The van der Waals surface area contributed by atoms with Crippen molar-refractivity contribution in [3.63, 3.8) is 0 Å². The number of piperidine rings is 1. The van der Waals surface area contributed by atoms with Crippen LogP contribution in [0, 0.1) is 0 Å². The fourth-order valence-corrected chi connectivity index (χ4v) is 4.16. The molecule has 1 saturated carbocycles. The third-order valence-electron chi connectivity index (χ3n) is 4.15. The van der Waals surface area contributed by atoms with Crippen LogP contribution in [0.5, 0.6) is 0 Å². The number of hydrogen-bond donors (Lipinski definition) is 2. The maximum atomic E-state index is 12.1. The average molecular weight is 303 g/mol. The summed E-state index contributed by atoms with van der Waals surface area (Å²) in [6, 6.07) is 0.824. The predicted molar refractivity (Wildman–Crippen MR) is 82.3 cm³/mol. The van der Waals surface area contributed by atoms with Crippen molar-refractivity contribution in [2.45, 2.75) is 57.5 Å². The number of nitrogens with one attached hydrogen (secondary N) is 2. The summed E-state index contributed by atoms with van der Waals surface area (Å²) in [6.07, 6.45) is 6.33. The molecule has 1 saturated heterocycles. The summed E-state index contributed by atoms with van der Waals surface area (Å²) in [5.41, 5.74) is 0. The van der Waals surface area contributed by atoms with Crippen molar-refractivity contribution in [3.05, 3.63) is 0 Å². The first kappa shape index (κ1) is 16.2. The quantitative estimate of drug-likeness (QED) is 0.622. The van der Waals surface area contributed by atoms with Crippen LogP contribution >= 0.6 is 0 Å². The topological polar surface area (TPSA) is 61.4 Å². The van der Waals surface area contributed by atoms with Crippen LogP contribution < -0.4 is 10.0 Å². The van der Waals surface area contributed by atoms with E-state index in [1.807, 2.05) is 0 Å². The highest BCUT2D eigenvalue weighted by atomic mass is 32.2. The molecule has 1 aliphatic carbocycles. The highest BCUT2D eigenvalue weighted by Gasteiger charge is 2.23. The van der Waals surface area contributed by atoms with Gasteiger partial charge < -0.3 is 10.2 Å². The number of nitrogens with zero attached hydrogens (tertiary/aromatic N) is 1. The second-order valence-electron chi connectivity index (χ2n) is 6.10. The fraction of sp³-hybridized carbons (Fsp3) is 1.00. The van der Waals surface area contributed by atoms with Gasteiger partial charge in [0.25, 0.3) is 0 Å². The van der Waals surface area contributed by atoms with Gasteiger partial charge in [0.2, 0.25) is 10.0 Å². The molecule has 2 fully saturated rings. The van der Waals surface area contributed by atoms with E-state index in [9.17, 15) is 8.42 Å². The van der Waals surface area contributed by atoms with Gasteiger partial charge in [0.15, 0.2) is 0 Å². The van der Waals surface area contributed by atoms with Crippen LogP contribution in [0.25, 0.3) is 0 Å². The largest absolute Gasteiger partial charge is 0.314 e. The zero-order chi connectivity index (χ0) is 14.4. The SMILES string of the molecule is CCN1CCCC(NS(=O)(=O)CCCCNC2CC2)C1. The Kier molecular flexibility index (Phi) is 6.26. The Labute approximate surface area is 123 Å². The Bertz CT molecular complexity index is 382. The number of rotatable bonds is 9. The van der Waals surface area contributed by atoms with Gasteiger partial charge >= 0.3 is 0 Å². The molecule has 0 bridgehead atoms. The Morgan fingerprint density at radius 2 is 1.95 bits per heavy atom. The Balaban J connectivity index is 1.61. The molecule has 0 aromatic rings. The molecule has 2 rings (SSSR count). The molecule has 0 spiro atoms. The number of hydrogen-bond acceptors (Lipinski definition) is 4. The van der Waals surface area contributed by atoms with Crippen LogP contribution in [0.1, 0.15) is 45.4 Å². The third-order valence-corrected chi connectivity index (χ3v) is 5.67. The van der Waals surface area contributed by atoms with E-state index in [0.717, 1.165) is 51.9 Å². The standard InChI is InChI=1S/C14H29N3O2S/c1-2-17-10-5-6-14(12-17)16-20(18,19)11-4-3-9-15-13-7-8-13/h13-16H,2-12H2,1H3. The lowest BCUT2D eigenvalue weighted by atomic mass is 10.1. The third kappa shape index (κ3) is 6.08. The maximum Gasteiger partial charge on any atom is 0.211 e. The molecule has 2 N–H and O–H groups in total. The minimum Gasteiger partial charge on any atom is -0.314 e. The second kappa shape index (κ2) is 7.73. The van der Waals surface area contributed by atoms with Gasteiger partial charge in [-0.25, -0.2) is 13.1 Å². The van der Waals surface area contributed by atoms with Crippen LogP contribution in [0.2, 0.25) is 0 Å². The number of likely N-dealkylation sites (N-methyl/N-ethyl adjacent to an activating group) is 1. The van der Waals surface area contributed by atoms with E-state index in [4.69, 9.17) is 0 Å². The lowest BCUT2D eigenvalue weighted by Crippen LogP contribution is -2.48. The van der Waals surface area contributed by atoms with Crippen LogP contribution in [0.4, 0.5) is 0 Å². The summed E-state index contributed by atoms with van der Waals surface area (Å²) in [4.78, 5) is 2.32. The molecular formula is C14H29N3O2S. The first-order valence-electron chi connectivity index (χ1n) is 8.05. The van der Waals surface area contributed by atoms with Gasteiger partial charge in [-0.15, -0.1) is 0 Å². The summed E-state index contributed by atoms with van der Waals surface area (Å²) < 4.78 is 27.0. The van der Waals surface area contributed by atoms with Crippen LogP contribution in [0.15, 0.2) is 0 Å². The molecule has 0 aromatic carbocycles. The predicted octanol–water partition coefficient (Wildman–Crippen LogP) is 0.922. The van der Waals surface area contributed by atoms with Crippen molar-refractivity contribution >= 4 is 10.0 Å². The van der Waals surface area contributed by atoms with E-state index in [1.54, 1.807) is 0 Å². The highest BCUT2D eigenvalue weighted by molar-refractivity contribution is 7.89. The first-order valence-corrected chi connectivity index (χ1v) is 9.70. The zero-order valence-corrected chi connectivity index (χ0v) is 13.4. The second-order valence-corrected chi connectivity index (χ2v) is 7.98. The molecule has 0 aromatic heterocycles. The molecule has 1 heterocycles. The van der Waals surface area contributed by atoms with E-state index in [0.29, 0.717) is 6.04 Å². The highest BCUT2D eigenvalue weighted by Crippen LogP contribution is 2.18. The van der Waals surface area contributed by atoms with Crippen LogP contribution in [0.3, 0.4) is 0 Å². The first-order chi connectivity index (χ1) is 9.59.